The molecule has 0 bridgehead atoms. The fourth-order valence-electron chi connectivity index (χ4n) is 1.47. The zero-order valence-electron chi connectivity index (χ0n) is 9.07. The van der Waals surface area contributed by atoms with Crippen LogP contribution in [0.25, 0.3) is 0 Å². The Labute approximate surface area is 91.3 Å². The van der Waals surface area contributed by atoms with Gasteiger partial charge in [-0.3, -0.25) is 0 Å². The predicted octanol–water partition coefficient (Wildman–Crippen LogP) is 4.85. The van der Waals surface area contributed by atoms with E-state index in [1.54, 1.807) is 6.07 Å². The molecular weight excluding hydrogens is 194 g/mol. The zero-order valence-corrected chi connectivity index (χ0v) is 9.07. The maximum Gasteiger partial charge on any atom is 0.129 e. The molecule has 0 atom stereocenters. The van der Waals surface area contributed by atoms with Crippen molar-refractivity contribution in [3.05, 3.63) is 34.9 Å². The highest BCUT2D eigenvalue weighted by Crippen LogP contribution is 2.26. The molecular formula is C13H20F2. The number of halogens is 2. The Morgan fingerprint density at radius 3 is 1.40 bits per heavy atom. The van der Waals surface area contributed by atoms with Crippen molar-refractivity contribution in [1.29, 1.82) is 0 Å². The molecule has 0 spiro atoms. The maximum absolute atomic E-state index is 13.3. The van der Waals surface area contributed by atoms with Crippen LogP contribution in [-0.2, 0) is 0 Å². The van der Waals surface area contributed by atoms with Gasteiger partial charge in [-0.15, -0.1) is 0 Å². The van der Waals surface area contributed by atoms with Crippen LogP contribution in [0.15, 0.2) is 12.1 Å². The molecule has 0 unspecified atom stereocenters. The topological polar surface area (TPSA) is 0 Å². The lowest BCUT2D eigenvalue weighted by Crippen LogP contribution is -2.00. The molecule has 0 saturated carbocycles. The van der Waals surface area contributed by atoms with Gasteiger partial charge in [0.15, 0.2) is 0 Å². The molecule has 0 fully saturated rings. The molecule has 86 valence electrons. The first-order valence-corrected chi connectivity index (χ1v) is 4.92. The van der Waals surface area contributed by atoms with E-state index in [4.69, 9.17) is 0 Å². The fraction of sp³-hybridized carbons (Fsp3) is 0.538. The highest BCUT2D eigenvalue weighted by molar-refractivity contribution is 5.30. The van der Waals surface area contributed by atoms with Crippen LogP contribution in [-0.4, -0.2) is 0 Å². The first-order valence-electron chi connectivity index (χ1n) is 4.92. The molecule has 0 N–H and O–H groups in total. The van der Waals surface area contributed by atoms with E-state index in [9.17, 15) is 8.78 Å². The Morgan fingerprint density at radius 1 is 0.800 bits per heavy atom. The van der Waals surface area contributed by atoms with Crippen LogP contribution in [0.3, 0.4) is 0 Å². The van der Waals surface area contributed by atoms with Crippen molar-refractivity contribution in [2.45, 2.75) is 47.0 Å². The summed E-state index contributed by atoms with van der Waals surface area (Å²) in [5.41, 5.74) is 1.19. The average molecular weight is 214 g/mol. The van der Waals surface area contributed by atoms with Crippen molar-refractivity contribution < 1.29 is 8.78 Å². The third-order valence-electron chi connectivity index (χ3n) is 2.36. The van der Waals surface area contributed by atoms with Gasteiger partial charge in [0.05, 0.1) is 0 Å². The molecule has 0 radical (unpaired) electrons. The van der Waals surface area contributed by atoms with Gasteiger partial charge in [0.25, 0.3) is 0 Å². The van der Waals surface area contributed by atoms with Crippen molar-refractivity contribution >= 4 is 0 Å². The molecule has 0 aliphatic heterocycles. The van der Waals surface area contributed by atoms with Crippen LogP contribution in [0.1, 0.15) is 58.1 Å². The van der Waals surface area contributed by atoms with E-state index < -0.39 is 11.6 Å². The molecule has 0 nitrogen and oxygen atoms in total. The van der Waals surface area contributed by atoms with Gasteiger partial charge in [0, 0.05) is 6.07 Å². The second-order valence-electron chi connectivity index (χ2n) is 4.20. The van der Waals surface area contributed by atoms with E-state index >= 15 is 0 Å². The van der Waals surface area contributed by atoms with Crippen LogP contribution in [0.2, 0.25) is 0 Å². The van der Waals surface area contributed by atoms with Crippen LogP contribution in [0.4, 0.5) is 8.78 Å². The summed E-state index contributed by atoms with van der Waals surface area (Å²) in [5, 5.41) is 0. The summed E-state index contributed by atoms with van der Waals surface area (Å²) in [6.45, 7) is 7.61. The molecule has 0 amide bonds. The van der Waals surface area contributed by atoms with E-state index in [0.29, 0.717) is 11.1 Å². The van der Waals surface area contributed by atoms with E-state index in [-0.39, 0.29) is 19.3 Å². The molecule has 2 heteroatoms. The van der Waals surface area contributed by atoms with Crippen LogP contribution < -0.4 is 0 Å². The number of hydrogen-bond acceptors (Lipinski definition) is 0. The maximum atomic E-state index is 13.3. The van der Waals surface area contributed by atoms with Crippen molar-refractivity contribution in [3.8, 4) is 0 Å². The van der Waals surface area contributed by atoms with E-state index in [1.807, 2.05) is 27.7 Å². The molecule has 1 rings (SSSR count). The largest absolute Gasteiger partial charge is 0.207 e. The van der Waals surface area contributed by atoms with Crippen LogP contribution >= 0.6 is 0 Å². The lowest BCUT2D eigenvalue weighted by atomic mass is 9.95. The Hall–Kier alpha value is -0.920. The fourth-order valence-corrected chi connectivity index (χ4v) is 1.47. The van der Waals surface area contributed by atoms with Gasteiger partial charge in [-0.05, 0) is 29.0 Å². The average Bonchev–Trinajstić information content (AvgIpc) is 2.02. The highest BCUT2D eigenvalue weighted by Gasteiger charge is 2.14. The SMILES string of the molecule is C.CC(C)c1cc(C(C)C)c(F)cc1F. The standard InChI is InChI=1S/C12H16F2.CH4/c1-7(2)9-5-10(8(3)4)12(14)6-11(9)13;/h5-8H,1-4H3;1H4. The molecule has 1 aromatic rings. The van der Waals surface area contributed by atoms with Gasteiger partial charge in [-0.1, -0.05) is 35.1 Å². The third kappa shape index (κ3) is 3.01. The van der Waals surface area contributed by atoms with E-state index in [1.165, 1.54) is 0 Å². The number of hydrogen-bond donors (Lipinski definition) is 0. The van der Waals surface area contributed by atoms with Gasteiger partial charge in [-0.25, -0.2) is 8.78 Å². The van der Waals surface area contributed by atoms with Crippen molar-refractivity contribution in [3.63, 3.8) is 0 Å². The second-order valence-corrected chi connectivity index (χ2v) is 4.20. The molecule has 0 aliphatic rings. The van der Waals surface area contributed by atoms with Gasteiger partial charge >= 0.3 is 0 Å². The number of rotatable bonds is 2. The Bertz CT molecular complexity index is 298. The summed E-state index contributed by atoms with van der Waals surface area (Å²) in [5.74, 6) is -0.704. The Kier molecular flexibility index (Phi) is 4.92. The molecule has 0 saturated heterocycles. The second kappa shape index (κ2) is 5.24. The lowest BCUT2D eigenvalue weighted by Gasteiger charge is -2.13. The summed E-state index contributed by atoms with van der Waals surface area (Å²) >= 11 is 0. The van der Waals surface area contributed by atoms with Gasteiger partial charge in [0.2, 0.25) is 0 Å². The minimum absolute atomic E-state index is 0. The predicted molar refractivity (Wildman–Crippen MR) is 61.3 cm³/mol. The Morgan fingerprint density at radius 2 is 1.13 bits per heavy atom. The van der Waals surface area contributed by atoms with Crippen molar-refractivity contribution in [2.75, 3.05) is 0 Å². The van der Waals surface area contributed by atoms with Gasteiger partial charge in [-0.2, -0.15) is 0 Å². The van der Waals surface area contributed by atoms with Crippen LogP contribution in [0.5, 0.6) is 0 Å². The smallest absolute Gasteiger partial charge is 0.129 e. The summed E-state index contributed by atoms with van der Waals surface area (Å²) in [6, 6.07) is 2.63. The van der Waals surface area contributed by atoms with Gasteiger partial charge in [0.1, 0.15) is 11.6 Å². The molecule has 15 heavy (non-hydrogen) atoms. The minimum Gasteiger partial charge on any atom is -0.207 e. The van der Waals surface area contributed by atoms with Crippen molar-refractivity contribution in [1.82, 2.24) is 0 Å². The first-order chi connectivity index (χ1) is 6.43. The van der Waals surface area contributed by atoms with E-state index in [2.05, 4.69) is 0 Å². The van der Waals surface area contributed by atoms with Gasteiger partial charge < -0.3 is 0 Å². The summed E-state index contributed by atoms with van der Waals surface area (Å²) in [4.78, 5) is 0. The van der Waals surface area contributed by atoms with E-state index in [0.717, 1.165) is 6.07 Å². The first kappa shape index (κ1) is 14.1. The summed E-state index contributed by atoms with van der Waals surface area (Å²) in [7, 11) is 0. The molecule has 0 aliphatic carbocycles. The Balaban J connectivity index is 0.00000196. The highest BCUT2D eigenvalue weighted by atomic mass is 19.1. The lowest BCUT2D eigenvalue weighted by molar-refractivity contribution is 0.550. The molecule has 1 aromatic carbocycles. The molecule has 0 aromatic heterocycles. The quantitative estimate of drug-likeness (QED) is 0.660. The zero-order chi connectivity index (χ0) is 10.9. The normalized spacial score (nSPS) is 10.7. The number of benzene rings is 1. The van der Waals surface area contributed by atoms with Crippen molar-refractivity contribution in [2.24, 2.45) is 0 Å². The third-order valence-corrected chi connectivity index (χ3v) is 2.36. The van der Waals surface area contributed by atoms with Crippen LogP contribution in [0, 0.1) is 11.6 Å². The summed E-state index contributed by atoms with van der Waals surface area (Å²) < 4.78 is 26.6. The minimum atomic E-state index is -0.443. The monoisotopic (exact) mass is 214 g/mol. The summed E-state index contributed by atoms with van der Waals surface area (Å²) in [6.07, 6.45) is 0. The molecule has 0 heterocycles.